The van der Waals surface area contributed by atoms with Crippen LogP contribution in [0.25, 0.3) is 0 Å². The van der Waals surface area contributed by atoms with Crippen LogP contribution in [0, 0.1) is 0 Å². The van der Waals surface area contributed by atoms with E-state index in [1.165, 1.54) is 18.3 Å². The van der Waals surface area contributed by atoms with Gasteiger partial charge in [-0.2, -0.15) is 13.2 Å². The van der Waals surface area contributed by atoms with Gasteiger partial charge in [-0.3, -0.25) is 0 Å². The van der Waals surface area contributed by atoms with E-state index in [2.05, 4.69) is 33.5 Å². The van der Waals surface area contributed by atoms with E-state index < -0.39 is 18.8 Å². The van der Waals surface area contributed by atoms with Crippen LogP contribution in [0.3, 0.4) is 0 Å². The van der Waals surface area contributed by atoms with Crippen LogP contribution in [0.4, 0.5) is 18.0 Å². The maximum Gasteiger partial charge on any atom is 0.422 e. The molecular formula is C16H18F3N3O2. The lowest BCUT2D eigenvalue weighted by Crippen LogP contribution is -2.34. The molecule has 0 saturated heterocycles. The fraction of sp³-hybridized carbons (Fsp3) is 0.250. The Morgan fingerprint density at radius 2 is 2.17 bits per heavy atom. The summed E-state index contributed by atoms with van der Waals surface area (Å²) >= 11 is 0. The smallest absolute Gasteiger partial charge is 0.422 e. The summed E-state index contributed by atoms with van der Waals surface area (Å²) in [5, 5.41) is 5.16. The lowest BCUT2D eigenvalue weighted by molar-refractivity contribution is -0.154. The second-order valence-corrected chi connectivity index (χ2v) is 4.81. The standard InChI is InChI=1S/C16H18F3N3O2/c1-4-5-13(11(2)3)22-15(23)21-9-12-6-7-20-14(8-12)24-10-16(17,18)19/h4-8H,1-2,9-10H2,3H3,(H2,21,22,23)/b13-5+. The number of allylic oxidation sites excluding steroid dienone is 3. The third kappa shape index (κ3) is 7.48. The number of hydrogen-bond acceptors (Lipinski definition) is 3. The maximum atomic E-state index is 12.1. The largest absolute Gasteiger partial charge is 0.468 e. The zero-order chi connectivity index (χ0) is 18.2. The second-order valence-electron chi connectivity index (χ2n) is 4.81. The number of alkyl halides is 3. The first-order valence-corrected chi connectivity index (χ1v) is 6.89. The second kappa shape index (κ2) is 8.76. The molecule has 1 rings (SSSR count). The van der Waals surface area contributed by atoms with E-state index in [0.717, 1.165) is 0 Å². The fourth-order valence-corrected chi connectivity index (χ4v) is 1.55. The predicted octanol–water partition coefficient (Wildman–Crippen LogP) is 3.47. The molecule has 0 fully saturated rings. The van der Waals surface area contributed by atoms with Crippen molar-refractivity contribution in [2.24, 2.45) is 0 Å². The average Bonchev–Trinajstić information content (AvgIpc) is 2.50. The van der Waals surface area contributed by atoms with E-state index in [1.54, 1.807) is 19.1 Å². The molecule has 130 valence electrons. The molecule has 1 aromatic heterocycles. The molecule has 0 spiro atoms. The van der Waals surface area contributed by atoms with Crippen molar-refractivity contribution in [1.29, 1.82) is 0 Å². The van der Waals surface area contributed by atoms with Crippen LogP contribution < -0.4 is 15.4 Å². The third-order valence-electron chi connectivity index (χ3n) is 2.63. The first-order chi connectivity index (χ1) is 11.2. The SMILES string of the molecule is C=C/C=C(/NC(=O)NCc1ccnc(OCC(F)(F)F)c1)C(=C)C. The molecule has 0 bridgehead atoms. The summed E-state index contributed by atoms with van der Waals surface area (Å²) in [5.41, 5.74) is 1.70. The molecule has 2 N–H and O–H groups in total. The van der Waals surface area contributed by atoms with Gasteiger partial charge in [0.1, 0.15) is 0 Å². The first kappa shape index (κ1) is 19.3. The Kier molecular flexibility index (Phi) is 7.03. The van der Waals surface area contributed by atoms with E-state index in [-0.39, 0.29) is 12.4 Å². The van der Waals surface area contributed by atoms with Crippen LogP contribution in [-0.4, -0.2) is 23.8 Å². The molecule has 0 radical (unpaired) electrons. The Morgan fingerprint density at radius 1 is 1.46 bits per heavy atom. The van der Waals surface area contributed by atoms with Crippen molar-refractivity contribution < 1.29 is 22.7 Å². The molecular weight excluding hydrogens is 323 g/mol. The molecule has 8 heteroatoms. The van der Waals surface area contributed by atoms with Crippen LogP contribution >= 0.6 is 0 Å². The molecule has 24 heavy (non-hydrogen) atoms. The number of aromatic nitrogens is 1. The minimum Gasteiger partial charge on any atom is -0.468 e. The number of ether oxygens (including phenoxy) is 1. The summed E-state index contributed by atoms with van der Waals surface area (Å²) in [6.45, 7) is 7.65. The molecule has 0 aliphatic heterocycles. The topological polar surface area (TPSA) is 63.2 Å². The van der Waals surface area contributed by atoms with Crippen LogP contribution in [0.2, 0.25) is 0 Å². The van der Waals surface area contributed by atoms with Crippen molar-refractivity contribution in [3.63, 3.8) is 0 Å². The van der Waals surface area contributed by atoms with Crippen molar-refractivity contribution in [3.05, 3.63) is 60.5 Å². The highest BCUT2D eigenvalue weighted by Crippen LogP contribution is 2.17. The highest BCUT2D eigenvalue weighted by molar-refractivity contribution is 5.76. The van der Waals surface area contributed by atoms with Gasteiger partial charge in [-0.1, -0.05) is 19.2 Å². The van der Waals surface area contributed by atoms with Gasteiger partial charge in [0, 0.05) is 24.5 Å². The number of carbonyl (C=O) groups is 1. The lowest BCUT2D eigenvalue weighted by atomic mass is 10.2. The van der Waals surface area contributed by atoms with E-state index >= 15 is 0 Å². The minimum atomic E-state index is -4.44. The molecule has 0 atom stereocenters. The van der Waals surface area contributed by atoms with E-state index in [0.29, 0.717) is 16.8 Å². The van der Waals surface area contributed by atoms with Gasteiger partial charge in [0.05, 0.1) is 0 Å². The number of amides is 2. The number of carbonyl (C=O) groups excluding carboxylic acids is 1. The summed E-state index contributed by atoms with van der Waals surface area (Å²) in [4.78, 5) is 15.5. The van der Waals surface area contributed by atoms with Gasteiger partial charge in [0.2, 0.25) is 5.88 Å². The van der Waals surface area contributed by atoms with E-state index in [9.17, 15) is 18.0 Å². The van der Waals surface area contributed by atoms with Crippen molar-refractivity contribution in [1.82, 2.24) is 15.6 Å². The van der Waals surface area contributed by atoms with E-state index in [4.69, 9.17) is 0 Å². The number of halogens is 3. The van der Waals surface area contributed by atoms with Gasteiger partial charge in [-0.15, -0.1) is 0 Å². The van der Waals surface area contributed by atoms with Crippen molar-refractivity contribution in [2.45, 2.75) is 19.6 Å². The minimum absolute atomic E-state index is 0.0916. The predicted molar refractivity (Wildman–Crippen MR) is 84.3 cm³/mol. The highest BCUT2D eigenvalue weighted by Gasteiger charge is 2.28. The highest BCUT2D eigenvalue weighted by atomic mass is 19.4. The molecule has 1 aromatic rings. The summed E-state index contributed by atoms with van der Waals surface area (Å²) in [5.74, 6) is -0.166. The summed E-state index contributed by atoms with van der Waals surface area (Å²) < 4.78 is 40.9. The maximum absolute atomic E-state index is 12.1. The molecule has 0 aliphatic rings. The van der Waals surface area contributed by atoms with Gasteiger partial charge in [0.15, 0.2) is 6.61 Å². The molecule has 0 aliphatic carbocycles. The molecule has 5 nitrogen and oxygen atoms in total. The Labute approximate surface area is 137 Å². The van der Waals surface area contributed by atoms with Crippen LogP contribution in [-0.2, 0) is 6.54 Å². The first-order valence-electron chi connectivity index (χ1n) is 6.89. The van der Waals surface area contributed by atoms with Crippen LogP contribution in [0.15, 0.2) is 54.9 Å². The Hall–Kier alpha value is -2.77. The van der Waals surface area contributed by atoms with Gasteiger partial charge in [0.25, 0.3) is 0 Å². The van der Waals surface area contributed by atoms with Crippen LogP contribution in [0.5, 0.6) is 5.88 Å². The summed E-state index contributed by atoms with van der Waals surface area (Å²) in [6.07, 6.45) is -0.0291. The number of pyridine rings is 1. The average molecular weight is 341 g/mol. The molecule has 0 saturated carbocycles. The van der Waals surface area contributed by atoms with E-state index in [1.807, 2.05) is 0 Å². The molecule has 0 aromatic carbocycles. The Balaban J connectivity index is 2.58. The fourth-order valence-electron chi connectivity index (χ4n) is 1.55. The Bertz CT molecular complexity index is 640. The Morgan fingerprint density at radius 3 is 2.75 bits per heavy atom. The van der Waals surface area contributed by atoms with Crippen molar-refractivity contribution in [3.8, 4) is 5.88 Å². The number of hydrogen-bond donors (Lipinski definition) is 2. The number of urea groups is 1. The van der Waals surface area contributed by atoms with Crippen molar-refractivity contribution in [2.75, 3.05) is 6.61 Å². The quantitative estimate of drug-likeness (QED) is 0.747. The van der Waals surface area contributed by atoms with Gasteiger partial charge in [-0.05, 0) is 30.2 Å². The summed E-state index contributed by atoms with van der Waals surface area (Å²) in [6, 6.07) is 2.39. The van der Waals surface area contributed by atoms with Gasteiger partial charge >= 0.3 is 12.2 Å². The normalized spacial score (nSPS) is 11.6. The summed E-state index contributed by atoms with van der Waals surface area (Å²) in [7, 11) is 0. The number of rotatable bonds is 7. The monoisotopic (exact) mass is 341 g/mol. The lowest BCUT2D eigenvalue weighted by Gasteiger charge is -2.12. The third-order valence-corrected chi connectivity index (χ3v) is 2.63. The molecule has 0 unspecified atom stereocenters. The zero-order valence-corrected chi connectivity index (χ0v) is 13.1. The van der Waals surface area contributed by atoms with Crippen LogP contribution in [0.1, 0.15) is 12.5 Å². The molecule has 1 heterocycles. The van der Waals surface area contributed by atoms with Gasteiger partial charge < -0.3 is 15.4 Å². The zero-order valence-electron chi connectivity index (χ0n) is 13.1. The molecule has 2 amide bonds. The number of nitrogens with zero attached hydrogens (tertiary/aromatic N) is 1. The number of nitrogens with one attached hydrogen (secondary N) is 2. The van der Waals surface area contributed by atoms with Crippen molar-refractivity contribution >= 4 is 6.03 Å². The van der Waals surface area contributed by atoms with Gasteiger partial charge in [-0.25, -0.2) is 9.78 Å².